The molecule has 0 radical (unpaired) electrons. The van der Waals surface area contributed by atoms with E-state index in [1.165, 1.54) is 0 Å². The largest absolute Gasteiger partial charge is 0.321 e. The summed E-state index contributed by atoms with van der Waals surface area (Å²) < 4.78 is 0. The number of anilines is 1. The highest BCUT2D eigenvalue weighted by molar-refractivity contribution is 6.35. The van der Waals surface area contributed by atoms with E-state index in [4.69, 9.17) is 23.2 Å². The maximum Gasteiger partial charge on any atom is 0.256 e. The van der Waals surface area contributed by atoms with Crippen molar-refractivity contribution in [1.82, 2.24) is 0 Å². The Morgan fingerprint density at radius 2 is 2.00 bits per heavy atom. The molecule has 1 heterocycles. The van der Waals surface area contributed by atoms with Gasteiger partial charge in [0.2, 0.25) is 0 Å². The summed E-state index contributed by atoms with van der Waals surface area (Å²) in [6.07, 6.45) is 2.64. The van der Waals surface area contributed by atoms with E-state index in [-0.39, 0.29) is 5.91 Å². The van der Waals surface area contributed by atoms with Gasteiger partial charge in [-0.15, -0.1) is 11.6 Å². The number of amides is 1. The topological polar surface area (TPSA) is 29.1 Å². The van der Waals surface area contributed by atoms with Crippen LogP contribution < -0.4 is 5.32 Å². The van der Waals surface area contributed by atoms with Crippen molar-refractivity contribution < 1.29 is 4.79 Å². The van der Waals surface area contributed by atoms with Crippen LogP contribution >= 0.6 is 23.2 Å². The van der Waals surface area contributed by atoms with Gasteiger partial charge in [0.1, 0.15) is 0 Å². The third-order valence-corrected chi connectivity index (χ3v) is 3.83. The van der Waals surface area contributed by atoms with Gasteiger partial charge in [-0.3, -0.25) is 4.79 Å². The van der Waals surface area contributed by atoms with E-state index >= 15 is 0 Å². The van der Waals surface area contributed by atoms with Gasteiger partial charge in [-0.1, -0.05) is 29.8 Å². The molecular formula is C17H13Cl2NO. The Morgan fingerprint density at radius 1 is 1.14 bits per heavy atom. The van der Waals surface area contributed by atoms with Gasteiger partial charge in [0, 0.05) is 27.7 Å². The van der Waals surface area contributed by atoms with E-state index in [1.54, 1.807) is 0 Å². The van der Waals surface area contributed by atoms with Crippen LogP contribution in [0.2, 0.25) is 5.02 Å². The summed E-state index contributed by atoms with van der Waals surface area (Å²) >= 11 is 11.8. The number of carbonyl (C=O) groups excluding carboxylic acids is 1. The Labute approximate surface area is 133 Å². The van der Waals surface area contributed by atoms with Crippen LogP contribution in [0.4, 0.5) is 5.69 Å². The number of halogens is 2. The number of alkyl halides is 1. The zero-order valence-electron chi connectivity index (χ0n) is 11.2. The van der Waals surface area contributed by atoms with Crippen molar-refractivity contribution in [3.63, 3.8) is 0 Å². The number of hydrogen-bond acceptors (Lipinski definition) is 1. The first-order chi connectivity index (χ1) is 10.2. The molecule has 0 fully saturated rings. The maximum absolute atomic E-state index is 12.2. The fourth-order valence-corrected chi connectivity index (χ4v) is 2.82. The van der Waals surface area contributed by atoms with E-state index in [0.717, 1.165) is 28.8 Å². The lowest BCUT2D eigenvalue weighted by atomic mass is 10.0. The first kappa shape index (κ1) is 14.2. The van der Waals surface area contributed by atoms with Gasteiger partial charge in [0.05, 0.1) is 0 Å². The van der Waals surface area contributed by atoms with Crippen molar-refractivity contribution in [3.8, 4) is 0 Å². The van der Waals surface area contributed by atoms with Gasteiger partial charge in [-0.05, 0) is 47.9 Å². The van der Waals surface area contributed by atoms with Crippen LogP contribution in [-0.2, 0) is 11.2 Å². The summed E-state index contributed by atoms with van der Waals surface area (Å²) in [5.74, 6) is 0.473. The summed E-state index contributed by atoms with van der Waals surface area (Å²) in [6, 6.07) is 13.4. The highest BCUT2D eigenvalue weighted by Crippen LogP contribution is 2.34. The molecule has 1 amide bonds. The van der Waals surface area contributed by atoms with Crippen molar-refractivity contribution in [2.45, 2.75) is 6.42 Å². The Kier molecular flexibility index (Phi) is 4.00. The molecule has 3 rings (SSSR count). The van der Waals surface area contributed by atoms with Crippen LogP contribution in [0.3, 0.4) is 0 Å². The molecule has 106 valence electrons. The van der Waals surface area contributed by atoms with Crippen LogP contribution in [0.5, 0.6) is 0 Å². The molecule has 1 aliphatic heterocycles. The smallest absolute Gasteiger partial charge is 0.256 e. The second-order valence-corrected chi connectivity index (χ2v) is 5.70. The van der Waals surface area contributed by atoms with E-state index < -0.39 is 0 Å². The molecule has 0 saturated heterocycles. The molecule has 2 aromatic carbocycles. The second kappa shape index (κ2) is 5.92. The monoisotopic (exact) mass is 317 g/mol. The number of aryl methyl sites for hydroxylation is 1. The Balaban J connectivity index is 2.05. The van der Waals surface area contributed by atoms with E-state index in [1.807, 2.05) is 48.5 Å². The molecule has 0 spiro atoms. The third kappa shape index (κ3) is 2.97. The summed E-state index contributed by atoms with van der Waals surface area (Å²) in [4.78, 5) is 12.2. The summed E-state index contributed by atoms with van der Waals surface area (Å²) in [7, 11) is 0. The molecule has 0 aromatic heterocycles. The van der Waals surface area contributed by atoms with Crippen molar-refractivity contribution in [2.75, 3.05) is 11.2 Å². The quantitative estimate of drug-likeness (QED) is 0.649. The molecular weight excluding hydrogens is 305 g/mol. The average Bonchev–Trinajstić information content (AvgIpc) is 2.76. The lowest BCUT2D eigenvalue weighted by molar-refractivity contribution is -0.110. The third-order valence-electron chi connectivity index (χ3n) is 3.41. The minimum absolute atomic E-state index is 0.0898. The van der Waals surface area contributed by atoms with Crippen molar-refractivity contribution in [1.29, 1.82) is 0 Å². The molecule has 0 atom stereocenters. The van der Waals surface area contributed by atoms with Crippen molar-refractivity contribution in [2.24, 2.45) is 0 Å². The summed E-state index contributed by atoms with van der Waals surface area (Å²) in [5.41, 5.74) is 4.44. The molecule has 0 unspecified atom stereocenters. The van der Waals surface area contributed by atoms with Crippen LogP contribution in [0, 0.1) is 0 Å². The van der Waals surface area contributed by atoms with Crippen molar-refractivity contribution in [3.05, 3.63) is 64.2 Å². The van der Waals surface area contributed by atoms with Crippen LogP contribution in [0.15, 0.2) is 42.5 Å². The lowest BCUT2D eigenvalue weighted by Gasteiger charge is -2.03. The molecule has 0 saturated carbocycles. The molecule has 2 aromatic rings. The normalized spacial score (nSPS) is 15.1. The van der Waals surface area contributed by atoms with Crippen molar-refractivity contribution >= 4 is 46.4 Å². The standard InChI is InChI=1S/C17H13Cl2NO/c18-7-6-11-4-5-16-14(9-11)15(17(21)20-16)10-12-2-1-3-13(19)8-12/h1-5,8-10H,6-7H2,(H,20,21). The van der Waals surface area contributed by atoms with E-state index in [0.29, 0.717) is 16.5 Å². The molecule has 21 heavy (non-hydrogen) atoms. The van der Waals surface area contributed by atoms with Gasteiger partial charge in [0.15, 0.2) is 0 Å². The number of hydrogen-bond donors (Lipinski definition) is 1. The molecule has 0 aliphatic carbocycles. The van der Waals surface area contributed by atoms with Crippen LogP contribution in [-0.4, -0.2) is 11.8 Å². The minimum Gasteiger partial charge on any atom is -0.321 e. The Morgan fingerprint density at radius 3 is 2.76 bits per heavy atom. The van der Waals surface area contributed by atoms with Gasteiger partial charge < -0.3 is 5.32 Å². The molecule has 1 aliphatic rings. The second-order valence-electron chi connectivity index (χ2n) is 4.89. The first-order valence-corrected chi connectivity index (χ1v) is 7.56. The number of benzene rings is 2. The zero-order chi connectivity index (χ0) is 14.8. The highest BCUT2D eigenvalue weighted by atomic mass is 35.5. The highest BCUT2D eigenvalue weighted by Gasteiger charge is 2.24. The van der Waals surface area contributed by atoms with Crippen LogP contribution in [0.25, 0.3) is 11.6 Å². The van der Waals surface area contributed by atoms with Gasteiger partial charge >= 0.3 is 0 Å². The Hall–Kier alpha value is -1.77. The van der Waals surface area contributed by atoms with E-state index in [2.05, 4.69) is 5.32 Å². The number of nitrogens with one attached hydrogen (secondary N) is 1. The fraction of sp³-hybridized carbons (Fsp3) is 0.118. The molecule has 0 bridgehead atoms. The van der Waals surface area contributed by atoms with Gasteiger partial charge in [0.25, 0.3) is 5.91 Å². The number of rotatable bonds is 3. The maximum atomic E-state index is 12.2. The molecule has 4 heteroatoms. The fourth-order valence-electron chi connectivity index (χ4n) is 2.41. The lowest BCUT2D eigenvalue weighted by Crippen LogP contribution is -2.03. The molecule has 2 nitrogen and oxygen atoms in total. The zero-order valence-corrected chi connectivity index (χ0v) is 12.7. The van der Waals surface area contributed by atoms with Crippen LogP contribution in [0.1, 0.15) is 16.7 Å². The predicted molar refractivity (Wildman–Crippen MR) is 88.8 cm³/mol. The minimum atomic E-state index is -0.0898. The average molecular weight is 318 g/mol. The van der Waals surface area contributed by atoms with Gasteiger partial charge in [-0.25, -0.2) is 0 Å². The van der Waals surface area contributed by atoms with Gasteiger partial charge in [-0.2, -0.15) is 0 Å². The van der Waals surface area contributed by atoms with E-state index in [9.17, 15) is 4.79 Å². The predicted octanol–water partition coefficient (Wildman–Crippen LogP) is 4.61. The summed E-state index contributed by atoms with van der Waals surface area (Å²) in [5, 5.41) is 3.53. The summed E-state index contributed by atoms with van der Waals surface area (Å²) in [6.45, 7) is 0. The first-order valence-electron chi connectivity index (χ1n) is 6.65. The SMILES string of the molecule is O=C1Nc2ccc(CCCl)cc2C1=Cc1cccc(Cl)c1. The Bertz CT molecular complexity index is 737. The number of carbonyl (C=O) groups is 1. The molecule has 1 N–H and O–H groups in total. The number of fused-ring (bicyclic) bond motifs is 1.